The Morgan fingerprint density at radius 1 is 1.50 bits per heavy atom. The minimum absolute atomic E-state index is 0.107. The van der Waals surface area contributed by atoms with Crippen LogP contribution in [0.5, 0.6) is 0 Å². The summed E-state index contributed by atoms with van der Waals surface area (Å²) in [5.41, 5.74) is 0. The number of thioether (sulfide) groups is 1. The van der Waals surface area contributed by atoms with Crippen molar-refractivity contribution >= 4 is 11.8 Å². The molecule has 1 aliphatic carbocycles. The molecule has 0 aromatic carbocycles. The average molecular weight is 184 g/mol. The van der Waals surface area contributed by atoms with E-state index in [0.29, 0.717) is 0 Å². The molecule has 1 aliphatic heterocycles. The molecule has 1 unspecified atom stereocenters. The lowest BCUT2D eigenvalue weighted by molar-refractivity contribution is 0.0975. The van der Waals surface area contributed by atoms with Gasteiger partial charge in [-0.2, -0.15) is 0 Å². The monoisotopic (exact) mass is 184 g/mol. The zero-order chi connectivity index (χ0) is 8.44. The molecule has 12 heavy (non-hydrogen) atoms. The number of ether oxygens (including phenoxy) is 1. The van der Waals surface area contributed by atoms with Crippen LogP contribution < -0.4 is 0 Å². The predicted molar refractivity (Wildman–Crippen MR) is 53.1 cm³/mol. The molecule has 1 fully saturated rings. The first kappa shape index (κ1) is 8.64. The van der Waals surface area contributed by atoms with Crippen molar-refractivity contribution in [2.75, 3.05) is 6.61 Å². The van der Waals surface area contributed by atoms with Crippen molar-refractivity contribution in [2.24, 2.45) is 0 Å². The van der Waals surface area contributed by atoms with Crippen LogP contribution in [0.25, 0.3) is 0 Å². The second-order valence-electron chi connectivity index (χ2n) is 3.75. The fourth-order valence-electron chi connectivity index (χ4n) is 1.85. The summed E-state index contributed by atoms with van der Waals surface area (Å²) >= 11 is 1.96. The van der Waals surface area contributed by atoms with E-state index in [1.807, 2.05) is 11.8 Å². The third kappa shape index (κ3) is 1.86. The van der Waals surface area contributed by atoms with Gasteiger partial charge in [0.25, 0.3) is 0 Å². The summed E-state index contributed by atoms with van der Waals surface area (Å²) in [5.74, 6) is 0. The van der Waals surface area contributed by atoms with Gasteiger partial charge in [0, 0.05) is 6.61 Å². The number of hydrogen-bond acceptors (Lipinski definition) is 2. The molecular weight excluding hydrogens is 168 g/mol. The molecule has 0 radical (unpaired) electrons. The molecule has 0 amide bonds. The van der Waals surface area contributed by atoms with E-state index >= 15 is 0 Å². The maximum absolute atomic E-state index is 5.72. The zero-order valence-corrected chi connectivity index (χ0v) is 8.45. The SMILES string of the molecule is CC1(SC2=CCCC2)CCCO1. The first-order valence-corrected chi connectivity index (χ1v) is 5.62. The Hall–Kier alpha value is 0.0500. The van der Waals surface area contributed by atoms with Gasteiger partial charge in [-0.3, -0.25) is 0 Å². The van der Waals surface area contributed by atoms with Gasteiger partial charge in [0.05, 0.1) is 0 Å². The first-order chi connectivity index (χ1) is 5.79. The molecule has 0 spiro atoms. The van der Waals surface area contributed by atoms with Gasteiger partial charge >= 0.3 is 0 Å². The standard InChI is InChI=1S/C10H16OS/c1-10(7-4-8-11-10)12-9-5-2-3-6-9/h5H,2-4,6-8H2,1H3. The molecule has 68 valence electrons. The molecule has 2 rings (SSSR count). The second-order valence-corrected chi connectivity index (χ2v) is 5.34. The third-order valence-corrected chi connectivity index (χ3v) is 3.92. The predicted octanol–water partition coefficient (Wildman–Crippen LogP) is 3.31. The van der Waals surface area contributed by atoms with Gasteiger partial charge in [-0.1, -0.05) is 17.8 Å². The van der Waals surface area contributed by atoms with E-state index in [1.54, 1.807) is 4.91 Å². The van der Waals surface area contributed by atoms with Gasteiger partial charge in [-0.15, -0.1) is 0 Å². The van der Waals surface area contributed by atoms with Crippen LogP contribution in [0.2, 0.25) is 0 Å². The van der Waals surface area contributed by atoms with Gasteiger partial charge in [0.1, 0.15) is 4.93 Å². The van der Waals surface area contributed by atoms with E-state index in [2.05, 4.69) is 13.0 Å². The van der Waals surface area contributed by atoms with E-state index in [-0.39, 0.29) is 4.93 Å². The third-order valence-electron chi connectivity index (χ3n) is 2.53. The quantitative estimate of drug-likeness (QED) is 0.651. The van der Waals surface area contributed by atoms with Gasteiger partial charge < -0.3 is 4.74 Å². The number of allylic oxidation sites excluding steroid dienone is 2. The van der Waals surface area contributed by atoms with Crippen LogP contribution in [-0.2, 0) is 4.74 Å². The van der Waals surface area contributed by atoms with E-state index in [4.69, 9.17) is 4.74 Å². The minimum atomic E-state index is 0.107. The fourth-order valence-corrected chi connectivity index (χ4v) is 3.24. The smallest absolute Gasteiger partial charge is 0.115 e. The van der Waals surface area contributed by atoms with Crippen LogP contribution in [-0.4, -0.2) is 11.5 Å². The number of rotatable bonds is 2. The lowest BCUT2D eigenvalue weighted by Gasteiger charge is -2.22. The maximum Gasteiger partial charge on any atom is 0.115 e. The summed E-state index contributed by atoms with van der Waals surface area (Å²) in [5, 5.41) is 0. The van der Waals surface area contributed by atoms with Crippen molar-refractivity contribution in [3.63, 3.8) is 0 Å². The highest BCUT2D eigenvalue weighted by atomic mass is 32.2. The molecule has 1 atom stereocenters. The van der Waals surface area contributed by atoms with Crippen molar-refractivity contribution in [3.8, 4) is 0 Å². The summed E-state index contributed by atoms with van der Waals surface area (Å²) in [4.78, 5) is 1.66. The molecule has 2 aliphatic rings. The summed E-state index contributed by atoms with van der Waals surface area (Å²) in [6.07, 6.45) is 8.73. The molecule has 1 saturated heterocycles. The van der Waals surface area contributed by atoms with E-state index in [9.17, 15) is 0 Å². The Kier molecular flexibility index (Phi) is 2.47. The largest absolute Gasteiger partial charge is 0.364 e. The fraction of sp³-hybridized carbons (Fsp3) is 0.800. The van der Waals surface area contributed by atoms with Crippen molar-refractivity contribution in [3.05, 3.63) is 11.0 Å². The van der Waals surface area contributed by atoms with Crippen LogP contribution in [0, 0.1) is 0 Å². The van der Waals surface area contributed by atoms with Gasteiger partial charge in [-0.25, -0.2) is 0 Å². The highest BCUT2D eigenvalue weighted by molar-refractivity contribution is 8.04. The Labute approximate surface area is 78.6 Å². The van der Waals surface area contributed by atoms with Crippen molar-refractivity contribution < 1.29 is 4.74 Å². The molecule has 0 saturated carbocycles. The van der Waals surface area contributed by atoms with Crippen LogP contribution in [0.15, 0.2) is 11.0 Å². The van der Waals surface area contributed by atoms with Crippen LogP contribution in [0.1, 0.15) is 39.0 Å². The molecule has 0 N–H and O–H groups in total. The lowest BCUT2D eigenvalue weighted by Crippen LogP contribution is -2.17. The summed E-state index contributed by atoms with van der Waals surface area (Å²) in [6, 6.07) is 0. The Bertz CT molecular complexity index is 192. The molecular formula is C10H16OS. The van der Waals surface area contributed by atoms with E-state index in [1.165, 1.54) is 32.1 Å². The Morgan fingerprint density at radius 3 is 3.00 bits per heavy atom. The second kappa shape index (κ2) is 3.43. The molecule has 1 nitrogen and oxygen atoms in total. The molecule has 0 aromatic heterocycles. The van der Waals surface area contributed by atoms with Crippen LogP contribution in [0.3, 0.4) is 0 Å². The van der Waals surface area contributed by atoms with Crippen molar-refractivity contribution in [1.82, 2.24) is 0 Å². The normalized spacial score (nSPS) is 35.6. The van der Waals surface area contributed by atoms with Crippen molar-refractivity contribution in [2.45, 2.75) is 44.0 Å². The highest BCUT2D eigenvalue weighted by Crippen LogP contribution is 2.43. The molecule has 1 heterocycles. The van der Waals surface area contributed by atoms with Gasteiger partial charge in [-0.05, 0) is 43.9 Å². The van der Waals surface area contributed by atoms with Crippen LogP contribution >= 0.6 is 11.8 Å². The van der Waals surface area contributed by atoms with Crippen molar-refractivity contribution in [1.29, 1.82) is 0 Å². The minimum Gasteiger partial charge on any atom is -0.364 e. The van der Waals surface area contributed by atoms with Crippen LogP contribution in [0.4, 0.5) is 0 Å². The topological polar surface area (TPSA) is 9.23 Å². The summed E-state index contributed by atoms with van der Waals surface area (Å²) in [7, 11) is 0. The van der Waals surface area contributed by atoms with Gasteiger partial charge in [0.2, 0.25) is 0 Å². The zero-order valence-electron chi connectivity index (χ0n) is 7.64. The summed E-state index contributed by atoms with van der Waals surface area (Å²) in [6.45, 7) is 3.18. The maximum atomic E-state index is 5.72. The molecule has 2 heteroatoms. The first-order valence-electron chi connectivity index (χ1n) is 4.81. The lowest BCUT2D eigenvalue weighted by atomic mass is 10.3. The Balaban J connectivity index is 1.92. The van der Waals surface area contributed by atoms with Gasteiger partial charge in [0.15, 0.2) is 0 Å². The Morgan fingerprint density at radius 2 is 2.42 bits per heavy atom. The highest BCUT2D eigenvalue weighted by Gasteiger charge is 2.31. The molecule has 0 aromatic rings. The summed E-state index contributed by atoms with van der Waals surface area (Å²) < 4.78 is 5.72. The average Bonchev–Trinajstić information content (AvgIpc) is 2.62. The van der Waals surface area contributed by atoms with E-state index in [0.717, 1.165) is 6.61 Å². The molecule has 0 bridgehead atoms. The number of hydrogen-bond donors (Lipinski definition) is 0. The van der Waals surface area contributed by atoms with E-state index < -0.39 is 0 Å².